The number of nitrogens with zero attached hydrogens (tertiary/aromatic N) is 2. The summed E-state index contributed by atoms with van der Waals surface area (Å²) in [7, 11) is 0. The molecule has 1 fully saturated rings. The fourth-order valence-electron chi connectivity index (χ4n) is 2.16. The van der Waals surface area contributed by atoms with Crippen LogP contribution in [-0.2, 0) is 6.18 Å². The normalized spacial score (nSPS) is 23.6. The molecular weight excluding hydrogens is 277 g/mol. The fraction of sp³-hybridized carbons (Fsp3) is 0.636. The molecule has 8 heteroatoms. The van der Waals surface area contributed by atoms with Crippen LogP contribution in [0.1, 0.15) is 25.1 Å². The minimum Gasteiger partial charge on any atom is -0.384 e. The molecule has 1 saturated carbocycles. The van der Waals surface area contributed by atoms with Gasteiger partial charge in [0.25, 0.3) is 0 Å². The van der Waals surface area contributed by atoms with Gasteiger partial charge in [-0.15, -0.1) is 0 Å². The summed E-state index contributed by atoms with van der Waals surface area (Å²) in [6, 6.07) is 1.48. The van der Waals surface area contributed by atoms with Crippen molar-refractivity contribution in [2.24, 2.45) is 0 Å². The van der Waals surface area contributed by atoms with Gasteiger partial charge in [-0.1, -0.05) is 0 Å². The number of alkyl halides is 3. The summed E-state index contributed by atoms with van der Waals surface area (Å²) in [5.74, 6) is -1.23. The molecule has 0 amide bonds. The summed E-state index contributed by atoms with van der Waals surface area (Å²) < 4.78 is 37.7. The Bertz CT molecular complexity index is 452. The largest absolute Gasteiger partial charge is 0.451 e. The number of hydrogen-bond donors (Lipinski definition) is 2. The maximum atomic E-state index is 12.6. The molecule has 0 saturated heterocycles. The quantitative estimate of drug-likeness (QED) is 0.897. The first-order valence-electron chi connectivity index (χ1n) is 5.89. The summed E-state index contributed by atoms with van der Waals surface area (Å²) in [5.41, 5.74) is 5.39. The number of anilines is 2. The molecule has 1 aromatic heterocycles. The lowest BCUT2D eigenvalue weighted by Crippen LogP contribution is -2.20. The van der Waals surface area contributed by atoms with Crippen molar-refractivity contribution < 1.29 is 13.2 Å². The van der Waals surface area contributed by atoms with Crippen LogP contribution in [0, 0.1) is 0 Å². The van der Waals surface area contributed by atoms with E-state index in [9.17, 15) is 13.2 Å². The molecule has 2 rings (SSSR count). The van der Waals surface area contributed by atoms with Gasteiger partial charge in [0.1, 0.15) is 11.6 Å². The minimum atomic E-state index is -4.58. The first-order valence-corrected chi connectivity index (χ1v) is 7.18. The molecule has 0 bridgehead atoms. The predicted molar refractivity (Wildman–Crippen MR) is 70.0 cm³/mol. The number of nitrogen functional groups attached to an aromatic ring is 1. The average molecular weight is 292 g/mol. The highest BCUT2D eigenvalue weighted by molar-refractivity contribution is 7.99. The van der Waals surface area contributed by atoms with Crippen LogP contribution < -0.4 is 11.1 Å². The van der Waals surface area contributed by atoms with Gasteiger partial charge >= 0.3 is 6.18 Å². The predicted octanol–water partition coefficient (Wildman–Crippen LogP) is 2.77. The zero-order valence-electron chi connectivity index (χ0n) is 10.4. The van der Waals surface area contributed by atoms with Gasteiger partial charge < -0.3 is 11.1 Å². The zero-order valence-corrected chi connectivity index (χ0v) is 11.2. The summed E-state index contributed by atoms with van der Waals surface area (Å²) in [6.45, 7) is 0. The second-order valence-corrected chi connectivity index (χ2v) is 5.65. The topological polar surface area (TPSA) is 63.8 Å². The van der Waals surface area contributed by atoms with E-state index in [4.69, 9.17) is 5.73 Å². The van der Waals surface area contributed by atoms with Crippen molar-refractivity contribution in [1.29, 1.82) is 0 Å². The number of hydrogen-bond acceptors (Lipinski definition) is 5. The number of aromatic nitrogens is 2. The number of rotatable bonds is 3. The number of nitrogens with two attached hydrogens (primary N) is 1. The van der Waals surface area contributed by atoms with E-state index in [0.717, 1.165) is 19.3 Å². The molecule has 0 aromatic carbocycles. The number of halogens is 3. The Morgan fingerprint density at radius 1 is 1.37 bits per heavy atom. The highest BCUT2D eigenvalue weighted by Crippen LogP contribution is 2.31. The molecule has 106 valence electrons. The number of nitrogens with one attached hydrogen (secondary N) is 1. The third kappa shape index (κ3) is 3.65. The highest BCUT2D eigenvalue weighted by Gasteiger charge is 2.35. The summed E-state index contributed by atoms with van der Waals surface area (Å²) in [4.78, 5) is 6.69. The van der Waals surface area contributed by atoms with E-state index in [2.05, 4.69) is 15.3 Å². The van der Waals surface area contributed by atoms with Crippen molar-refractivity contribution in [2.75, 3.05) is 17.3 Å². The van der Waals surface area contributed by atoms with Crippen LogP contribution in [-0.4, -0.2) is 27.5 Å². The van der Waals surface area contributed by atoms with Crippen molar-refractivity contribution in [1.82, 2.24) is 9.97 Å². The maximum Gasteiger partial charge on any atom is 0.451 e. The third-order valence-electron chi connectivity index (χ3n) is 3.07. The first kappa shape index (κ1) is 14.2. The van der Waals surface area contributed by atoms with Crippen LogP contribution in [0.4, 0.5) is 24.8 Å². The van der Waals surface area contributed by atoms with Crippen LogP contribution in [0.15, 0.2) is 6.07 Å². The Labute approximate surface area is 113 Å². The van der Waals surface area contributed by atoms with Gasteiger partial charge in [-0.25, -0.2) is 9.97 Å². The molecule has 3 N–H and O–H groups in total. The lowest BCUT2D eigenvalue weighted by Gasteiger charge is -2.15. The summed E-state index contributed by atoms with van der Waals surface area (Å²) in [6.07, 6.45) is 0.371. The molecule has 1 aromatic rings. The smallest absolute Gasteiger partial charge is 0.384 e. The Balaban J connectivity index is 2.11. The van der Waals surface area contributed by atoms with E-state index >= 15 is 0 Å². The Hall–Kier alpha value is -1.18. The minimum absolute atomic E-state index is 0.145. The Morgan fingerprint density at radius 2 is 2.11 bits per heavy atom. The molecule has 2 unspecified atom stereocenters. The van der Waals surface area contributed by atoms with Crippen molar-refractivity contribution in [3.63, 3.8) is 0 Å². The third-order valence-corrected chi connectivity index (χ3v) is 4.16. The molecule has 19 heavy (non-hydrogen) atoms. The van der Waals surface area contributed by atoms with Gasteiger partial charge in [-0.05, 0) is 25.5 Å². The Morgan fingerprint density at radius 3 is 2.68 bits per heavy atom. The van der Waals surface area contributed by atoms with Crippen molar-refractivity contribution in [3.05, 3.63) is 11.9 Å². The Kier molecular flexibility index (Phi) is 4.07. The van der Waals surface area contributed by atoms with Crippen LogP contribution in [0.5, 0.6) is 0 Å². The van der Waals surface area contributed by atoms with Crippen LogP contribution in [0.3, 0.4) is 0 Å². The van der Waals surface area contributed by atoms with Gasteiger partial charge in [0.15, 0.2) is 0 Å². The van der Waals surface area contributed by atoms with Gasteiger partial charge in [0.05, 0.1) is 0 Å². The van der Waals surface area contributed by atoms with Crippen molar-refractivity contribution in [3.8, 4) is 0 Å². The van der Waals surface area contributed by atoms with Crippen molar-refractivity contribution in [2.45, 2.75) is 36.7 Å². The molecule has 0 spiro atoms. The lowest BCUT2D eigenvalue weighted by molar-refractivity contribution is -0.144. The van der Waals surface area contributed by atoms with E-state index < -0.39 is 12.0 Å². The van der Waals surface area contributed by atoms with Gasteiger partial charge in [0, 0.05) is 17.4 Å². The standard InChI is InChI=1S/C11H15F3N4S/c1-19-7-3-2-6(4-7)16-9-5-8(15)17-10(18-9)11(12,13)14/h5-7H,2-4H2,1H3,(H3,15,16,17,18). The van der Waals surface area contributed by atoms with E-state index in [1.807, 2.05) is 6.26 Å². The molecule has 0 aliphatic heterocycles. The van der Waals surface area contributed by atoms with Crippen LogP contribution in [0.25, 0.3) is 0 Å². The van der Waals surface area contributed by atoms with Crippen LogP contribution in [0.2, 0.25) is 0 Å². The zero-order chi connectivity index (χ0) is 14.0. The van der Waals surface area contributed by atoms with Crippen LogP contribution >= 0.6 is 11.8 Å². The van der Waals surface area contributed by atoms with E-state index in [0.29, 0.717) is 5.25 Å². The first-order chi connectivity index (χ1) is 8.88. The summed E-state index contributed by atoms with van der Waals surface area (Å²) >= 11 is 1.78. The molecule has 0 radical (unpaired) electrons. The van der Waals surface area contributed by atoms with Crippen molar-refractivity contribution >= 4 is 23.4 Å². The van der Waals surface area contributed by atoms with E-state index in [1.165, 1.54) is 6.07 Å². The molecule has 2 atom stereocenters. The monoisotopic (exact) mass is 292 g/mol. The fourth-order valence-corrected chi connectivity index (χ4v) is 2.96. The van der Waals surface area contributed by atoms with Gasteiger partial charge in [0.2, 0.25) is 5.82 Å². The molecule has 1 aliphatic rings. The van der Waals surface area contributed by atoms with Gasteiger partial charge in [-0.3, -0.25) is 0 Å². The SMILES string of the molecule is CSC1CCC(Nc2cc(N)nc(C(F)(F)F)n2)C1. The second kappa shape index (κ2) is 5.44. The molecular formula is C11H15F3N4S. The molecule has 1 aliphatic carbocycles. The lowest BCUT2D eigenvalue weighted by atomic mass is 10.2. The number of thioether (sulfide) groups is 1. The molecule has 4 nitrogen and oxygen atoms in total. The van der Waals surface area contributed by atoms with E-state index in [-0.39, 0.29) is 17.7 Å². The highest BCUT2D eigenvalue weighted by atomic mass is 32.2. The second-order valence-electron chi connectivity index (χ2n) is 4.51. The maximum absolute atomic E-state index is 12.6. The average Bonchev–Trinajstić information content (AvgIpc) is 2.75. The van der Waals surface area contributed by atoms with Gasteiger partial charge in [-0.2, -0.15) is 24.9 Å². The summed E-state index contributed by atoms with van der Waals surface area (Å²) in [5, 5.41) is 3.57. The van der Waals surface area contributed by atoms with E-state index in [1.54, 1.807) is 11.8 Å². The molecule has 1 heterocycles.